The van der Waals surface area contributed by atoms with Gasteiger partial charge in [-0.15, -0.1) is 0 Å². The van der Waals surface area contributed by atoms with Gasteiger partial charge in [0, 0.05) is 18.0 Å². The number of rotatable bonds is 6. The fraction of sp³-hybridized carbons (Fsp3) is 0.500. The number of anilines is 1. The zero-order valence-corrected chi connectivity index (χ0v) is 9.81. The molecule has 1 rings (SSSR count). The molecule has 0 fully saturated rings. The van der Waals surface area contributed by atoms with E-state index in [1.54, 1.807) is 0 Å². The van der Waals surface area contributed by atoms with E-state index in [9.17, 15) is 0 Å². The molecule has 14 heavy (non-hydrogen) atoms. The van der Waals surface area contributed by atoms with E-state index in [1.807, 2.05) is 17.8 Å². The number of nitrogens with one attached hydrogen (secondary N) is 1. The van der Waals surface area contributed by atoms with Crippen LogP contribution in [0.5, 0.6) is 0 Å². The SMILES string of the molecule is CC(C)CSCCNc1ccccc1. The highest BCUT2D eigenvalue weighted by Crippen LogP contribution is 2.08. The summed E-state index contributed by atoms with van der Waals surface area (Å²) >= 11 is 2.02. The molecule has 0 bridgehead atoms. The van der Waals surface area contributed by atoms with Gasteiger partial charge in [0.2, 0.25) is 0 Å². The average Bonchev–Trinajstić information content (AvgIpc) is 2.18. The number of para-hydroxylation sites is 1. The molecule has 0 aromatic heterocycles. The van der Waals surface area contributed by atoms with Crippen molar-refractivity contribution in [2.24, 2.45) is 5.92 Å². The van der Waals surface area contributed by atoms with E-state index < -0.39 is 0 Å². The number of thioether (sulfide) groups is 1. The summed E-state index contributed by atoms with van der Waals surface area (Å²) in [6.07, 6.45) is 0. The third-order valence-corrected chi connectivity index (χ3v) is 3.20. The topological polar surface area (TPSA) is 12.0 Å². The van der Waals surface area contributed by atoms with Crippen LogP contribution in [0.4, 0.5) is 5.69 Å². The lowest BCUT2D eigenvalue weighted by atomic mass is 10.3. The van der Waals surface area contributed by atoms with Crippen molar-refractivity contribution in [1.82, 2.24) is 0 Å². The Bertz CT molecular complexity index is 233. The molecule has 0 aliphatic rings. The Kier molecular flexibility index (Phi) is 5.53. The monoisotopic (exact) mass is 209 g/mol. The predicted octanol–water partition coefficient (Wildman–Crippen LogP) is 3.49. The first-order valence-corrected chi connectivity index (χ1v) is 6.31. The number of hydrogen-bond donors (Lipinski definition) is 1. The molecule has 78 valence electrons. The molecule has 0 amide bonds. The van der Waals surface area contributed by atoms with Crippen LogP contribution in [0.15, 0.2) is 30.3 Å². The quantitative estimate of drug-likeness (QED) is 0.720. The summed E-state index contributed by atoms with van der Waals surface area (Å²) in [6, 6.07) is 10.4. The van der Waals surface area contributed by atoms with Crippen LogP contribution in [-0.4, -0.2) is 18.1 Å². The maximum Gasteiger partial charge on any atom is 0.0340 e. The van der Waals surface area contributed by atoms with Gasteiger partial charge in [0.25, 0.3) is 0 Å². The minimum absolute atomic E-state index is 0.803. The normalized spacial score (nSPS) is 10.5. The van der Waals surface area contributed by atoms with Crippen LogP contribution < -0.4 is 5.32 Å². The summed E-state index contributed by atoms with van der Waals surface area (Å²) in [5, 5.41) is 3.40. The van der Waals surface area contributed by atoms with Gasteiger partial charge in [0.15, 0.2) is 0 Å². The Morgan fingerprint density at radius 3 is 2.57 bits per heavy atom. The van der Waals surface area contributed by atoms with Crippen LogP contribution in [0.3, 0.4) is 0 Å². The van der Waals surface area contributed by atoms with Crippen LogP contribution in [-0.2, 0) is 0 Å². The molecule has 0 spiro atoms. The van der Waals surface area contributed by atoms with Crippen molar-refractivity contribution in [3.05, 3.63) is 30.3 Å². The zero-order chi connectivity index (χ0) is 10.2. The summed E-state index contributed by atoms with van der Waals surface area (Å²) < 4.78 is 0. The fourth-order valence-electron chi connectivity index (χ4n) is 1.14. The van der Waals surface area contributed by atoms with E-state index in [2.05, 4.69) is 43.4 Å². The van der Waals surface area contributed by atoms with Crippen molar-refractivity contribution in [3.8, 4) is 0 Å². The molecule has 1 aromatic rings. The number of hydrogen-bond acceptors (Lipinski definition) is 2. The summed E-state index contributed by atoms with van der Waals surface area (Å²) in [6.45, 7) is 5.58. The van der Waals surface area contributed by atoms with E-state index >= 15 is 0 Å². The van der Waals surface area contributed by atoms with Gasteiger partial charge in [0.05, 0.1) is 0 Å². The maximum absolute atomic E-state index is 3.40. The summed E-state index contributed by atoms with van der Waals surface area (Å²) in [7, 11) is 0. The molecule has 2 heteroatoms. The van der Waals surface area contributed by atoms with Crippen molar-refractivity contribution in [3.63, 3.8) is 0 Å². The molecule has 0 saturated heterocycles. The van der Waals surface area contributed by atoms with Gasteiger partial charge in [0.1, 0.15) is 0 Å². The predicted molar refractivity (Wildman–Crippen MR) is 67.1 cm³/mol. The minimum atomic E-state index is 0.803. The Balaban J connectivity index is 2.05. The van der Waals surface area contributed by atoms with Gasteiger partial charge >= 0.3 is 0 Å². The van der Waals surface area contributed by atoms with Crippen molar-refractivity contribution in [2.45, 2.75) is 13.8 Å². The van der Waals surface area contributed by atoms with E-state index in [0.717, 1.165) is 12.5 Å². The van der Waals surface area contributed by atoms with Gasteiger partial charge in [-0.2, -0.15) is 11.8 Å². The van der Waals surface area contributed by atoms with Gasteiger partial charge in [-0.3, -0.25) is 0 Å². The summed E-state index contributed by atoms with van der Waals surface area (Å²) in [4.78, 5) is 0. The molecule has 0 heterocycles. The Labute approximate surface area is 91.3 Å². The third-order valence-electron chi connectivity index (χ3n) is 1.80. The zero-order valence-electron chi connectivity index (χ0n) is 8.99. The van der Waals surface area contributed by atoms with Crippen LogP contribution in [0.1, 0.15) is 13.8 Å². The third kappa shape index (κ3) is 5.18. The lowest BCUT2D eigenvalue weighted by molar-refractivity contribution is 0.750. The molecule has 0 radical (unpaired) electrons. The van der Waals surface area contributed by atoms with Crippen molar-refractivity contribution in [1.29, 1.82) is 0 Å². The lowest BCUT2D eigenvalue weighted by Crippen LogP contribution is -2.05. The Morgan fingerprint density at radius 1 is 1.21 bits per heavy atom. The fourth-order valence-corrected chi connectivity index (χ4v) is 2.03. The van der Waals surface area contributed by atoms with Gasteiger partial charge in [-0.25, -0.2) is 0 Å². The average molecular weight is 209 g/mol. The van der Waals surface area contributed by atoms with E-state index in [4.69, 9.17) is 0 Å². The van der Waals surface area contributed by atoms with Gasteiger partial charge in [-0.1, -0.05) is 32.0 Å². The Hall–Kier alpha value is -0.630. The smallest absolute Gasteiger partial charge is 0.0340 e. The summed E-state index contributed by atoms with van der Waals surface area (Å²) in [5.41, 5.74) is 1.22. The summed E-state index contributed by atoms with van der Waals surface area (Å²) in [5.74, 6) is 3.25. The molecule has 1 nitrogen and oxygen atoms in total. The van der Waals surface area contributed by atoms with Crippen molar-refractivity contribution >= 4 is 17.4 Å². The second-order valence-corrected chi connectivity index (χ2v) is 4.91. The van der Waals surface area contributed by atoms with Crippen LogP contribution in [0.25, 0.3) is 0 Å². The molecule has 1 aromatic carbocycles. The van der Waals surface area contributed by atoms with E-state index in [0.29, 0.717) is 0 Å². The largest absolute Gasteiger partial charge is 0.384 e. The second-order valence-electron chi connectivity index (χ2n) is 3.76. The van der Waals surface area contributed by atoms with Crippen molar-refractivity contribution in [2.75, 3.05) is 23.4 Å². The molecule has 0 unspecified atom stereocenters. The maximum atomic E-state index is 3.40. The molecule has 0 aliphatic heterocycles. The lowest BCUT2D eigenvalue weighted by Gasteiger charge is -2.07. The first-order valence-electron chi connectivity index (χ1n) is 5.15. The molecule has 0 aliphatic carbocycles. The van der Waals surface area contributed by atoms with Crippen LogP contribution >= 0.6 is 11.8 Å². The van der Waals surface area contributed by atoms with E-state index in [-0.39, 0.29) is 0 Å². The molecular weight excluding hydrogens is 190 g/mol. The highest BCUT2D eigenvalue weighted by atomic mass is 32.2. The Morgan fingerprint density at radius 2 is 1.93 bits per heavy atom. The van der Waals surface area contributed by atoms with Gasteiger partial charge < -0.3 is 5.32 Å². The molecule has 0 saturated carbocycles. The molecule has 0 atom stereocenters. The number of benzene rings is 1. The first kappa shape index (κ1) is 11.4. The molecular formula is C12H19NS. The molecule has 1 N–H and O–H groups in total. The standard InChI is InChI=1S/C12H19NS/c1-11(2)10-14-9-8-13-12-6-4-3-5-7-12/h3-7,11,13H,8-10H2,1-2H3. The highest BCUT2D eigenvalue weighted by molar-refractivity contribution is 7.99. The minimum Gasteiger partial charge on any atom is -0.384 e. The second kappa shape index (κ2) is 6.77. The highest BCUT2D eigenvalue weighted by Gasteiger charge is 1.94. The van der Waals surface area contributed by atoms with E-state index in [1.165, 1.54) is 17.2 Å². The van der Waals surface area contributed by atoms with Gasteiger partial charge in [-0.05, 0) is 23.8 Å². The van der Waals surface area contributed by atoms with Crippen molar-refractivity contribution < 1.29 is 0 Å². The first-order chi connectivity index (χ1) is 6.79. The van der Waals surface area contributed by atoms with Crippen LogP contribution in [0, 0.1) is 5.92 Å². The van der Waals surface area contributed by atoms with Crippen LogP contribution in [0.2, 0.25) is 0 Å².